The second kappa shape index (κ2) is 7.80. The van der Waals surface area contributed by atoms with E-state index < -0.39 is 0 Å². The van der Waals surface area contributed by atoms with Gasteiger partial charge in [-0.15, -0.1) is 0 Å². The number of nitrogens with zero attached hydrogens (tertiary/aromatic N) is 4. The Morgan fingerprint density at radius 2 is 1.57 bits per heavy atom. The van der Waals surface area contributed by atoms with Crippen LogP contribution in [0.3, 0.4) is 0 Å². The fourth-order valence-electron chi connectivity index (χ4n) is 3.96. The van der Waals surface area contributed by atoms with Gasteiger partial charge in [-0.1, -0.05) is 12.1 Å². The van der Waals surface area contributed by atoms with E-state index in [1.807, 2.05) is 30.5 Å². The van der Waals surface area contributed by atoms with Gasteiger partial charge in [0.05, 0.1) is 7.11 Å². The van der Waals surface area contributed by atoms with Crippen LogP contribution < -0.4 is 9.64 Å². The normalized spacial score (nSPS) is 14.9. The summed E-state index contributed by atoms with van der Waals surface area (Å²) in [5.41, 5.74) is 6.25. The maximum absolute atomic E-state index is 5.26. The molecule has 1 fully saturated rings. The van der Waals surface area contributed by atoms with E-state index in [9.17, 15) is 0 Å². The van der Waals surface area contributed by atoms with Crippen molar-refractivity contribution in [3.05, 3.63) is 60.8 Å². The van der Waals surface area contributed by atoms with Crippen LogP contribution in [0.1, 0.15) is 0 Å². The van der Waals surface area contributed by atoms with Gasteiger partial charge < -0.3 is 14.5 Å². The third-order valence-corrected chi connectivity index (χ3v) is 5.85. The Bertz CT molecular complexity index is 1140. The third kappa shape index (κ3) is 3.50. The van der Waals surface area contributed by atoms with Crippen LogP contribution in [-0.2, 0) is 0 Å². The summed E-state index contributed by atoms with van der Waals surface area (Å²) in [6, 6.07) is 18.9. The van der Waals surface area contributed by atoms with Crippen LogP contribution in [0.5, 0.6) is 5.75 Å². The molecule has 152 valence electrons. The van der Waals surface area contributed by atoms with Crippen LogP contribution in [0.2, 0.25) is 0 Å². The van der Waals surface area contributed by atoms with Gasteiger partial charge in [0.25, 0.3) is 0 Å². The number of aromatic amines is 1. The summed E-state index contributed by atoms with van der Waals surface area (Å²) in [6.45, 7) is 4.36. The summed E-state index contributed by atoms with van der Waals surface area (Å²) >= 11 is 0. The summed E-state index contributed by atoms with van der Waals surface area (Å²) in [7, 11) is 3.85. The minimum Gasteiger partial charge on any atom is -0.497 e. The van der Waals surface area contributed by atoms with Gasteiger partial charge in [0.15, 0.2) is 5.65 Å². The number of likely N-dealkylation sites (N-methyl/N-ethyl adjacent to an activating group) is 1. The highest BCUT2D eigenvalue weighted by Crippen LogP contribution is 2.31. The number of rotatable bonds is 4. The number of fused-ring (bicyclic) bond motifs is 1. The van der Waals surface area contributed by atoms with Gasteiger partial charge in [-0.25, -0.2) is 4.98 Å². The molecular formula is C24H25N5O. The number of ether oxygens (including phenoxy) is 1. The number of methoxy groups -OCH3 is 1. The minimum atomic E-state index is 0.790. The van der Waals surface area contributed by atoms with E-state index >= 15 is 0 Å². The van der Waals surface area contributed by atoms with E-state index in [2.05, 4.69) is 62.4 Å². The van der Waals surface area contributed by atoms with Gasteiger partial charge in [-0.05, 0) is 55.1 Å². The van der Waals surface area contributed by atoms with Gasteiger partial charge in [-0.2, -0.15) is 5.10 Å². The smallest absolute Gasteiger partial charge is 0.155 e. The molecule has 0 radical (unpaired) electrons. The second-order valence-electron chi connectivity index (χ2n) is 7.76. The van der Waals surface area contributed by atoms with Crippen LogP contribution in [-0.4, -0.2) is 60.4 Å². The van der Waals surface area contributed by atoms with E-state index in [-0.39, 0.29) is 0 Å². The zero-order valence-corrected chi connectivity index (χ0v) is 17.3. The highest BCUT2D eigenvalue weighted by molar-refractivity contribution is 5.93. The molecule has 0 atom stereocenters. The van der Waals surface area contributed by atoms with Crippen molar-refractivity contribution in [1.29, 1.82) is 0 Å². The van der Waals surface area contributed by atoms with Crippen LogP contribution >= 0.6 is 0 Å². The molecular weight excluding hydrogens is 374 g/mol. The fraction of sp³-hybridized carbons (Fsp3) is 0.250. The molecule has 1 N–H and O–H groups in total. The number of pyridine rings is 1. The van der Waals surface area contributed by atoms with Crippen molar-refractivity contribution in [2.75, 3.05) is 45.2 Å². The molecule has 1 aliphatic rings. The van der Waals surface area contributed by atoms with Crippen LogP contribution in [0, 0.1) is 0 Å². The standard InChI is InChI=1S/C24H25N5O/c1-28-11-13-29(14-12-28)20-7-3-17(4-8-20)19-15-22-23(26-27-24(22)25-16-19)18-5-9-21(30-2)10-6-18/h3-10,15-16H,11-14H2,1-2H3,(H,25,26,27). The van der Waals surface area contributed by atoms with Crippen molar-refractivity contribution >= 4 is 16.7 Å². The number of hydrogen-bond acceptors (Lipinski definition) is 5. The molecule has 1 saturated heterocycles. The third-order valence-electron chi connectivity index (χ3n) is 5.85. The topological polar surface area (TPSA) is 57.3 Å². The monoisotopic (exact) mass is 399 g/mol. The van der Waals surface area contributed by atoms with Gasteiger partial charge in [0, 0.05) is 54.6 Å². The number of aromatic nitrogens is 3. The zero-order chi connectivity index (χ0) is 20.5. The largest absolute Gasteiger partial charge is 0.497 e. The molecule has 0 bridgehead atoms. The second-order valence-corrected chi connectivity index (χ2v) is 7.76. The lowest BCUT2D eigenvalue weighted by Gasteiger charge is -2.34. The Hall–Kier alpha value is -3.38. The number of H-pyrrole nitrogens is 1. The first-order valence-corrected chi connectivity index (χ1v) is 10.2. The summed E-state index contributed by atoms with van der Waals surface area (Å²) in [6.07, 6.45) is 1.91. The Balaban J connectivity index is 1.44. The van der Waals surface area contributed by atoms with Crippen molar-refractivity contribution in [1.82, 2.24) is 20.1 Å². The van der Waals surface area contributed by atoms with Crippen LogP contribution in [0.15, 0.2) is 60.8 Å². The van der Waals surface area contributed by atoms with Crippen molar-refractivity contribution < 1.29 is 4.74 Å². The number of hydrogen-bond donors (Lipinski definition) is 1. The lowest BCUT2D eigenvalue weighted by Crippen LogP contribution is -2.44. The van der Waals surface area contributed by atoms with Crippen LogP contribution in [0.4, 0.5) is 5.69 Å². The van der Waals surface area contributed by atoms with Gasteiger partial charge in [0.1, 0.15) is 11.4 Å². The number of anilines is 1. The number of piperazine rings is 1. The van der Waals surface area contributed by atoms with E-state index in [1.54, 1.807) is 7.11 Å². The molecule has 2 aromatic carbocycles. The van der Waals surface area contributed by atoms with Crippen molar-refractivity contribution in [2.45, 2.75) is 0 Å². The summed E-state index contributed by atoms with van der Waals surface area (Å²) < 4.78 is 5.26. The molecule has 3 heterocycles. The van der Waals surface area contributed by atoms with Crippen molar-refractivity contribution in [3.8, 4) is 28.1 Å². The predicted octanol–water partition coefficient (Wildman–Crippen LogP) is 4.05. The number of benzene rings is 2. The Morgan fingerprint density at radius 3 is 2.27 bits per heavy atom. The zero-order valence-electron chi connectivity index (χ0n) is 17.3. The molecule has 0 saturated carbocycles. The Labute approximate surface area is 176 Å². The Morgan fingerprint density at radius 1 is 0.867 bits per heavy atom. The first kappa shape index (κ1) is 18.6. The number of nitrogens with one attached hydrogen (secondary N) is 1. The SMILES string of the molecule is COc1ccc(-c2n[nH]c3ncc(-c4ccc(N5CCN(C)CC5)cc4)cc23)cc1. The van der Waals surface area contributed by atoms with Gasteiger partial charge in [-0.3, -0.25) is 5.10 Å². The van der Waals surface area contributed by atoms with Crippen LogP contribution in [0.25, 0.3) is 33.4 Å². The molecule has 5 rings (SSSR count). The predicted molar refractivity (Wildman–Crippen MR) is 121 cm³/mol. The molecule has 1 aliphatic heterocycles. The molecule has 0 spiro atoms. The van der Waals surface area contributed by atoms with E-state index in [1.165, 1.54) is 5.69 Å². The fourth-order valence-corrected chi connectivity index (χ4v) is 3.96. The quantitative estimate of drug-likeness (QED) is 0.561. The molecule has 4 aromatic rings. The average Bonchev–Trinajstić information content (AvgIpc) is 3.23. The maximum atomic E-state index is 5.26. The summed E-state index contributed by atoms with van der Waals surface area (Å²) in [4.78, 5) is 9.42. The lowest BCUT2D eigenvalue weighted by atomic mass is 10.0. The molecule has 6 nitrogen and oxygen atoms in total. The highest BCUT2D eigenvalue weighted by atomic mass is 16.5. The highest BCUT2D eigenvalue weighted by Gasteiger charge is 2.15. The van der Waals surface area contributed by atoms with Gasteiger partial charge in [0.2, 0.25) is 0 Å². The summed E-state index contributed by atoms with van der Waals surface area (Å²) in [5.74, 6) is 0.831. The average molecular weight is 399 g/mol. The molecule has 6 heteroatoms. The Kier molecular flexibility index (Phi) is 4.85. The lowest BCUT2D eigenvalue weighted by molar-refractivity contribution is 0.313. The molecule has 0 amide bonds. The van der Waals surface area contributed by atoms with E-state index in [4.69, 9.17) is 4.74 Å². The molecule has 2 aromatic heterocycles. The van der Waals surface area contributed by atoms with Gasteiger partial charge >= 0.3 is 0 Å². The molecule has 0 unspecified atom stereocenters. The first-order valence-electron chi connectivity index (χ1n) is 10.2. The minimum absolute atomic E-state index is 0.790. The van der Waals surface area contributed by atoms with E-state index in [0.717, 1.165) is 65.3 Å². The van der Waals surface area contributed by atoms with E-state index in [0.29, 0.717) is 0 Å². The molecule has 30 heavy (non-hydrogen) atoms. The van der Waals surface area contributed by atoms with Crippen molar-refractivity contribution in [2.24, 2.45) is 0 Å². The first-order chi connectivity index (χ1) is 14.7. The van der Waals surface area contributed by atoms with Crippen molar-refractivity contribution in [3.63, 3.8) is 0 Å². The summed E-state index contributed by atoms with van der Waals surface area (Å²) in [5, 5.41) is 8.56. The molecule has 0 aliphatic carbocycles. The maximum Gasteiger partial charge on any atom is 0.155 e.